The van der Waals surface area contributed by atoms with Crippen LogP contribution in [0.2, 0.25) is 0 Å². The van der Waals surface area contributed by atoms with Gasteiger partial charge in [0.05, 0.1) is 11.5 Å². The van der Waals surface area contributed by atoms with Crippen molar-refractivity contribution in [3.05, 3.63) is 0 Å². The highest BCUT2D eigenvalue weighted by atomic mass is 16.5. The molecule has 23 heavy (non-hydrogen) atoms. The Kier molecular flexibility index (Phi) is 6.12. The Labute approximate surface area is 141 Å². The van der Waals surface area contributed by atoms with Gasteiger partial charge in [0.15, 0.2) is 0 Å². The highest BCUT2D eigenvalue weighted by Crippen LogP contribution is 2.58. The number of esters is 1. The van der Waals surface area contributed by atoms with E-state index in [0.717, 1.165) is 38.0 Å². The quantitative estimate of drug-likeness (QED) is 0.640. The number of hydrogen-bond acceptors (Lipinski definition) is 3. The lowest BCUT2D eigenvalue weighted by Gasteiger charge is -2.43. The van der Waals surface area contributed by atoms with E-state index < -0.39 is 0 Å². The van der Waals surface area contributed by atoms with Crippen molar-refractivity contribution in [3.63, 3.8) is 0 Å². The van der Waals surface area contributed by atoms with Crippen molar-refractivity contribution in [2.75, 3.05) is 0 Å². The third-order valence-electron chi connectivity index (χ3n) is 6.29. The lowest BCUT2D eigenvalue weighted by atomic mass is 9.61. The summed E-state index contributed by atoms with van der Waals surface area (Å²) in [5, 5.41) is 10.0. The molecule has 2 fully saturated rings. The van der Waals surface area contributed by atoms with E-state index in [1.165, 1.54) is 26.2 Å². The van der Waals surface area contributed by atoms with Gasteiger partial charge in [-0.15, -0.1) is 0 Å². The van der Waals surface area contributed by atoms with Crippen LogP contribution in [-0.4, -0.2) is 12.1 Å². The first kappa shape index (κ1) is 18.3. The molecule has 0 aromatic rings. The van der Waals surface area contributed by atoms with E-state index in [1.807, 2.05) is 0 Å². The fourth-order valence-corrected chi connectivity index (χ4v) is 5.25. The Bertz CT molecular complexity index is 453. The third kappa shape index (κ3) is 3.90. The van der Waals surface area contributed by atoms with Crippen molar-refractivity contribution in [1.82, 2.24) is 0 Å². The normalized spacial score (nSPS) is 34.7. The molecule has 2 saturated carbocycles. The van der Waals surface area contributed by atoms with Crippen molar-refractivity contribution in [3.8, 4) is 6.07 Å². The maximum atomic E-state index is 11.4. The number of nitriles is 1. The average Bonchev–Trinajstić information content (AvgIpc) is 2.87. The SMILES string of the molecule is CC(=O)O[C@H]1CCC[C@]2(C#N)[C@@H]([C@H](C)CCCC(C)C)CC[C@@H]12. The molecule has 0 aromatic carbocycles. The lowest BCUT2D eigenvalue weighted by molar-refractivity contribution is -0.154. The van der Waals surface area contributed by atoms with Gasteiger partial charge in [0.25, 0.3) is 0 Å². The first-order valence-corrected chi connectivity index (χ1v) is 9.49. The highest BCUT2D eigenvalue weighted by Gasteiger charge is 2.56. The molecule has 2 aliphatic rings. The van der Waals surface area contributed by atoms with Crippen molar-refractivity contribution in [1.29, 1.82) is 5.26 Å². The van der Waals surface area contributed by atoms with Crippen LogP contribution in [0.1, 0.15) is 79.1 Å². The van der Waals surface area contributed by atoms with E-state index in [1.54, 1.807) is 0 Å². The van der Waals surface area contributed by atoms with E-state index in [2.05, 4.69) is 26.8 Å². The molecule has 130 valence electrons. The summed E-state index contributed by atoms with van der Waals surface area (Å²) in [7, 11) is 0. The summed E-state index contributed by atoms with van der Waals surface area (Å²) in [6.45, 7) is 8.38. The van der Waals surface area contributed by atoms with Crippen LogP contribution < -0.4 is 0 Å². The minimum Gasteiger partial charge on any atom is -0.462 e. The zero-order valence-electron chi connectivity index (χ0n) is 15.3. The van der Waals surface area contributed by atoms with Crippen LogP contribution in [0.15, 0.2) is 0 Å². The van der Waals surface area contributed by atoms with Crippen LogP contribution in [0.4, 0.5) is 0 Å². The predicted octanol–water partition coefficient (Wildman–Crippen LogP) is 5.10. The zero-order valence-corrected chi connectivity index (χ0v) is 15.3. The van der Waals surface area contributed by atoms with Gasteiger partial charge in [-0.2, -0.15) is 5.26 Å². The zero-order chi connectivity index (χ0) is 17.0. The molecule has 0 amide bonds. The number of carbonyl (C=O) groups is 1. The Morgan fingerprint density at radius 2 is 2.00 bits per heavy atom. The fraction of sp³-hybridized carbons (Fsp3) is 0.900. The number of hydrogen-bond donors (Lipinski definition) is 0. The second kappa shape index (κ2) is 7.69. The molecule has 0 N–H and O–H groups in total. The molecule has 0 aromatic heterocycles. The molecule has 5 atom stereocenters. The van der Waals surface area contributed by atoms with E-state index >= 15 is 0 Å². The van der Waals surface area contributed by atoms with Gasteiger partial charge < -0.3 is 4.74 Å². The van der Waals surface area contributed by atoms with Crippen molar-refractivity contribution >= 4 is 5.97 Å². The molecule has 0 saturated heterocycles. The highest BCUT2D eigenvalue weighted by molar-refractivity contribution is 5.66. The van der Waals surface area contributed by atoms with Gasteiger partial charge in [-0.25, -0.2) is 0 Å². The van der Waals surface area contributed by atoms with Gasteiger partial charge in [0.2, 0.25) is 0 Å². The Morgan fingerprint density at radius 3 is 2.61 bits per heavy atom. The Hall–Kier alpha value is -1.04. The molecule has 2 aliphatic carbocycles. The van der Waals surface area contributed by atoms with Gasteiger partial charge in [0.1, 0.15) is 6.10 Å². The average molecular weight is 319 g/mol. The largest absolute Gasteiger partial charge is 0.462 e. The number of fused-ring (bicyclic) bond motifs is 1. The molecule has 3 nitrogen and oxygen atoms in total. The minimum atomic E-state index is -0.254. The van der Waals surface area contributed by atoms with Crippen molar-refractivity contribution in [2.24, 2.45) is 29.1 Å². The molecule has 0 aliphatic heterocycles. The summed E-state index contributed by atoms with van der Waals surface area (Å²) < 4.78 is 5.58. The fourth-order valence-electron chi connectivity index (χ4n) is 5.25. The summed E-state index contributed by atoms with van der Waals surface area (Å²) in [4.78, 5) is 11.4. The molecule has 3 heteroatoms. The second-order valence-corrected chi connectivity index (χ2v) is 8.28. The Morgan fingerprint density at radius 1 is 1.26 bits per heavy atom. The maximum absolute atomic E-state index is 11.4. The summed E-state index contributed by atoms with van der Waals surface area (Å²) in [5.41, 5.74) is -0.254. The van der Waals surface area contributed by atoms with Gasteiger partial charge in [-0.05, 0) is 49.9 Å². The maximum Gasteiger partial charge on any atom is 0.302 e. The summed E-state index contributed by atoms with van der Waals surface area (Å²) >= 11 is 0. The number of nitrogens with zero attached hydrogens (tertiary/aromatic N) is 1. The van der Waals surface area contributed by atoms with Crippen LogP contribution in [0.25, 0.3) is 0 Å². The smallest absolute Gasteiger partial charge is 0.302 e. The van der Waals surface area contributed by atoms with Gasteiger partial charge >= 0.3 is 5.97 Å². The van der Waals surface area contributed by atoms with Crippen molar-refractivity contribution in [2.45, 2.75) is 85.2 Å². The van der Waals surface area contributed by atoms with E-state index in [9.17, 15) is 10.1 Å². The van der Waals surface area contributed by atoms with Crippen LogP contribution in [-0.2, 0) is 9.53 Å². The van der Waals surface area contributed by atoms with Gasteiger partial charge in [-0.3, -0.25) is 4.79 Å². The van der Waals surface area contributed by atoms with Crippen LogP contribution in [0, 0.1) is 40.4 Å². The van der Waals surface area contributed by atoms with E-state index in [4.69, 9.17) is 4.74 Å². The Balaban J connectivity index is 2.08. The molecule has 0 spiro atoms. The summed E-state index contributed by atoms with van der Waals surface area (Å²) in [6, 6.07) is 2.72. The van der Waals surface area contributed by atoms with Crippen LogP contribution in [0.5, 0.6) is 0 Å². The van der Waals surface area contributed by atoms with Crippen LogP contribution >= 0.6 is 0 Å². The topological polar surface area (TPSA) is 50.1 Å². The molecule has 0 radical (unpaired) electrons. The van der Waals surface area contributed by atoms with Crippen molar-refractivity contribution < 1.29 is 9.53 Å². The first-order chi connectivity index (χ1) is 10.9. The number of carbonyl (C=O) groups excluding carboxylic acids is 1. The molecular formula is C20H33NO2. The predicted molar refractivity (Wildman–Crippen MR) is 91.5 cm³/mol. The van der Waals surface area contributed by atoms with E-state index in [-0.39, 0.29) is 23.4 Å². The molecule has 0 bridgehead atoms. The third-order valence-corrected chi connectivity index (χ3v) is 6.29. The number of ether oxygens (including phenoxy) is 1. The van der Waals surface area contributed by atoms with Gasteiger partial charge in [0, 0.05) is 12.8 Å². The molecule has 2 rings (SSSR count). The number of rotatable bonds is 6. The first-order valence-electron chi connectivity index (χ1n) is 9.49. The molecule has 0 unspecified atom stereocenters. The standard InChI is InChI=1S/C20H33NO2/c1-14(2)7-5-8-15(3)17-10-11-18-19(23-16(4)22)9-6-12-20(17,18)13-21/h14-15,17-19H,5-12H2,1-4H3/t15-,17-,18+,19+,20+/m1/s1. The molecule has 0 heterocycles. The second-order valence-electron chi connectivity index (χ2n) is 8.28. The summed E-state index contributed by atoms with van der Waals surface area (Å²) in [5.74, 6) is 1.88. The van der Waals surface area contributed by atoms with E-state index in [0.29, 0.717) is 11.8 Å². The molecular weight excluding hydrogens is 286 g/mol. The summed E-state index contributed by atoms with van der Waals surface area (Å²) in [6.07, 6.45) is 8.82. The van der Waals surface area contributed by atoms with Crippen LogP contribution in [0.3, 0.4) is 0 Å². The lowest BCUT2D eigenvalue weighted by Crippen LogP contribution is -2.44. The van der Waals surface area contributed by atoms with Gasteiger partial charge in [-0.1, -0.05) is 40.0 Å². The minimum absolute atomic E-state index is 0.0336. The monoisotopic (exact) mass is 319 g/mol.